The van der Waals surface area contributed by atoms with E-state index >= 15 is 0 Å². The predicted octanol–water partition coefficient (Wildman–Crippen LogP) is 3.54. The van der Waals surface area contributed by atoms with Crippen LogP contribution in [0.15, 0.2) is 41.0 Å². The lowest BCUT2D eigenvalue weighted by atomic mass is 9.99. The summed E-state index contributed by atoms with van der Waals surface area (Å²) < 4.78 is 14.2. The molecule has 2 aromatic rings. The fourth-order valence-corrected chi connectivity index (χ4v) is 2.68. The van der Waals surface area contributed by atoms with Gasteiger partial charge < -0.3 is 0 Å². The van der Waals surface area contributed by atoms with Crippen LogP contribution in [-0.4, -0.2) is 16.4 Å². The monoisotopic (exact) mass is 320 g/mol. The first-order chi connectivity index (χ1) is 9.20. The second-order valence-corrected chi connectivity index (χ2v) is 5.76. The molecule has 2 nitrogen and oxygen atoms in total. The van der Waals surface area contributed by atoms with Gasteiger partial charge >= 0.3 is 0 Å². The number of halogens is 2. The van der Waals surface area contributed by atoms with Gasteiger partial charge in [0.1, 0.15) is 5.82 Å². The molecule has 0 spiro atoms. The number of aromatic nitrogens is 1. The van der Waals surface area contributed by atoms with Crippen LogP contribution >= 0.6 is 15.9 Å². The summed E-state index contributed by atoms with van der Waals surface area (Å²) in [5, 5.41) is 0. The fraction of sp³-hybridized carbons (Fsp3) is 0.267. The number of hydrogen-bond donors (Lipinski definition) is 0. The minimum Gasteiger partial charge on any atom is -0.293 e. The third kappa shape index (κ3) is 3.01. The first-order valence-electron chi connectivity index (χ1n) is 6.31. The van der Waals surface area contributed by atoms with Crippen molar-refractivity contribution in [2.45, 2.75) is 19.5 Å². The van der Waals surface area contributed by atoms with E-state index in [-0.39, 0.29) is 5.82 Å². The van der Waals surface area contributed by atoms with Crippen LogP contribution in [0.5, 0.6) is 0 Å². The average molecular weight is 321 g/mol. The summed E-state index contributed by atoms with van der Waals surface area (Å²) in [6.07, 6.45) is 2.79. The van der Waals surface area contributed by atoms with Gasteiger partial charge in [-0.25, -0.2) is 4.39 Å². The first-order valence-corrected chi connectivity index (χ1v) is 7.10. The third-order valence-corrected chi connectivity index (χ3v) is 3.90. The molecule has 2 heterocycles. The van der Waals surface area contributed by atoms with Crippen molar-refractivity contribution in [3.8, 4) is 0 Å². The molecule has 0 saturated heterocycles. The lowest BCUT2D eigenvalue weighted by Gasteiger charge is -2.28. The Labute approximate surface area is 120 Å². The third-order valence-electron chi connectivity index (χ3n) is 3.43. The van der Waals surface area contributed by atoms with E-state index in [0.717, 1.165) is 41.8 Å². The first kappa shape index (κ1) is 12.8. The SMILES string of the molecule is Fc1ccc2c(c1)CN(Cc1ccc(Br)cn1)CC2. The van der Waals surface area contributed by atoms with Gasteiger partial charge in [0.05, 0.1) is 5.69 Å². The van der Waals surface area contributed by atoms with Crippen LogP contribution in [-0.2, 0) is 19.5 Å². The van der Waals surface area contributed by atoms with E-state index in [1.807, 2.05) is 24.4 Å². The molecule has 0 bridgehead atoms. The zero-order chi connectivity index (χ0) is 13.2. The van der Waals surface area contributed by atoms with E-state index in [1.165, 1.54) is 5.56 Å². The molecule has 0 N–H and O–H groups in total. The number of nitrogens with zero attached hydrogens (tertiary/aromatic N) is 2. The number of rotatable bonds is 2. The van der Waals surface area contributed by atoms with E-state index in [2.05, 4.69) is 25.8 Å². The van der Waals surface area contributed by atoms with Crippen molar-refractivity contribution < 1.29 is 4.39 Å². The van der Waals surface area contributed by atoms with E-state index in [1.54, 1.807) is 12.1 Å². The maximum absolute atomic E-state index is 13.3. The molecule has 1 aliphatic rings. The largest absolute Gasteiger partial charge is 0.293 e. The summed E-state index contributed by atoms with van der Waals surface area (Å²) in [7, 11) is 0. The molecule has 0 fully saturated rings. The normalized spacial score (nSPS) is 15.3. The average Bonchev–Trinajstić information content (AvgIpc) is 2.41. The van der Waals surface area contributed by atoms with Crippen LogP contribution in [0.2, 0.25) is 0 Å². The van der Waals surface area contributed by atoms with Crippen LogP contribution in [0.25, 0.3) is 0 Å². The Bertz CT molecular complexity index is 583. The lowest BCUT2D eigenvalue weighted by molar-refractivity contribution is 0.242. The zero-order valence-corrected chi connectivity index (χ0v) is 12.0. The highest BCUT2D eigenvalue weighted by molar-refractivity contribution is 9.10. The Balaban J connectivity index is 1.73. The summed E-state index contributed by atoms with van der Waals surface area (Å²) >= 11 is 3.38. The van der Waals surface area contributed by atoms with Crippen molar-refractivity contribution in [2.75, 3.05) is 6.54 Å². The van der Waals surface area contributed by atoms with Gasteiger partial charge in [-0.3, -0.25) is 9.88 Å². The van der Waals surface area contributed by atoms with Gasteiger partial charge in [0.25, 0.3) is 0 Å². The van der Waals surface area contributed by atoms with Gasteiger partial charge in [-0.05, 0) is 57.7 Å². The zero-order valence-electron chi connectivity index (χ0n) is 10.4. The van der Waals surface area contributed by atoms with Gasteiger partial charge in [0.2, 0.25) is 0 Å². The Hall–Kier alpha value is -1.26. The molecule has 1 aromatic carbocycles. The maximum Gasteiger partial charge on any atom is 0.123 e. The van der Waals surface area contributed by atoms with Gasteiger partial charge in [-0.1, -0.05) is 6.07 Å². The van der Waals surface area contributed by atoms with Crippen molar-refractivity contribution in [3.63, 3.8) is 0 Å². The number of benzene rings is 1. The van der Waals surface area contributed by atoms with Crippen molar-refractivity contribution in [3.05, 3.63) is 63.6 Å². The van der Waals surface area contributed by atoms with Crippen LogP contribution in [0.4, 0.5) is 4.39 Å². The van der Waals surface area contributed by atoms with Gasteiger partial charge in [0, 0.05) is 30.3 Å². The molecule has 0 saturated carbocycles. The molecule has 3 rings (SSSR count). The summed E-state index contributed by atoms with van der Waals surface area (Å²) in [4.78, 5) is 6.69. The Morgan fingerprint density at radius 2 is 2.11 bits per heavy atom. The molecule has 1 aromatic heterocycles. The molecule has 4 heteroatoms. The van der Waals surface area contributed by atoms with Crippen molar-refractivity contribution in [2.24, 2.45) is 0 Å². The van der Waals surface area contributed by atoms with Crippen molar-refractivity contribution >= 4 is 15.9 Å². The molecule has 0 unspecified atom stereocenters. The quantitative estimate of drug-likeness (QED) is 0.841. The van der Waals surface area contributed by atoms with Crippen LogP contribution < -0.4 is 0 Å². The van der Waals surface area contributed by atoms with Gasteiger partial charge in [-0.2, -0.15) is 0 Å². The molecule has 0 amide bonds. The minimum atomic E-state index is -0.151. The van der Waals surface area contributed by atoms with Gasteiger partial charge in [0.15, 0.2) is 0 Å². The molecular formula is C15H14BrFN2. The Morgan fingerprint density at radius 3 is 2.89 bits per heavy atom. The van der Waals surface area contributed by atoms with E-state index < -0.39 is 0 Å². The molecule has 0 atom stereocenters. The molecule has 0 aliphatic carbocycles. The molecule has 0 radical (unpaired) electrons. The second-order valence-electron chi connectivity index (χ2n) is 4.84. The summed E-state index contributed by atoms with van der Waals surface area (Å²) in [6, 6.07) is 9.12. The number of pyridine rings is 1. The maximum atomic E-state index is 13.3. The lowest BCUT2D eigenvalue weighted by Crippen LogP contribution is -2.30. The Morgan fingerprint density at radius 1 is 1.21 bits per heavy atom. The highest BCUT2D eigenvalue weighted by Gasteiger charge is 2.17. The van der Waals surface area contributed by atoms with E-state index in [4.69, 9.17) is 0 Å². The van der Waals surface area contributed by atoms with E-state index in [0.29, 0.717) is 0 Å². The predicted molar refractivity (Wildman–Crippen MR) is 76.2 cm³/mol. The summed E-state index contributed by atoms with van der Waals surface area (Å²) in [5.41, 5.74) is 3.41. The smallest absolute Gasteiger partial charge is 0.123 e. The molecular weight excluding hydrogens is 307 g/mol. The Kier molecular flexibility index (Phi) is 3.62. The molecule has 1 aliphatic heterocycles. The number of hydrogen-bond acceptors (Lipinski definition) is 2. The molecule has 19 heavy (non-hydrogen) atoms. The minimum absolute atomic E-state index is 0.151. The highest BCUT2D eigenvalue weighted by atomic mass is 79.9. The number of fused-ring (bicyclic) bond motifs is 1. The standard InChI is InChI=1S/C15H14BrFN2/c16-13-2-4-15(18-8-13)10-19-6-5-11-1-3-14(17)7-12(11)9-19/h1-4,7-8H,5-6,9-10H2. The van der Waals surface area contributed by atoms with Crippen LogP contribution in [0.3, 0.4) is 0 Å². The van der Waals surface area contributed by atoms with E-state index in [9.17, 15) is 4.39 Å². The van der Waals surface area contributed by atoms with Gasteiger partial charge in [-0.15, -0.1) is 0 Å². The van der Waals surface area contributed by atoms with Crippen LogP contribution in [0.1, 0.15) is 16.8 Å². The topological polar surface area (TPSA) is 16.1 Å². The molecule has 98 valence electrons. The fourth-order valence-electron chi connectivity index (χ4n) is 2.45. The highest BCUT2D eigenvalue weighted by Crippen LogP contribution is 2.21. The second kappa shape index (κ2) is 5.39. The van der Waals surface area contributed by atoms with Crippen molar-refractivity contribution in [1.29, 1.82) is 0 Å². The van der Waals surface area contributed by atoms with Crippen LogP contribution in [0, 0.1) is 5.82 Å². The summed E-state index contributed by atoms with van der Waals surface area (Å²) in [5.74, 6) is -0.151. The summed E-state index contributed by atoms with van der Waals surface area (Å²) in [6.45, 7) is 2.60. The van der Waals surface area contributed by atoms with Crippen molar-refractivity contribution in [1.82, 2.24) is 9.88 Å².